The highest BCUT2D eigenvalue weighted by Crippen LogP contribution is 2.32. The molecule has 10 nitrogen and oxygen atoms in total. The number of amides is 2. The Bertz CT molecular complexity index is 1090. The maximum absolute atomic E-state index is 12.7. The van der Waals surface area contributed by atoms with Crippen molar-refractivity contribution in [2.24, 2.45) is 0 Å². The number of carbonyl (C=O) groups excluding carboxylic acids is 1. The van der Waals surface area contributed by atoms with Gasteiger partial charge < -0.3 is 9.47 Å². The number of hydrogen-bond donors (Lipinski definition) is 2. The minimum atomic E-state index is -4.13. The molecule has 0 spiro atoms. The molecule has 28 heavy (non-hydrogen) atoms. The molecule has 148 valence electrons. The molecule has 3 aromatic rings. The second-order valence-corrected chi connectivity index (χ2v) is 9.07. The Kier molecular flexibility index (Phi) is 5.76. The Morgan fingerprint density at radius 1 is 1.11 bits per heavy atom. The first kappa shape index (κ1) is 20.0. The normalized spacial score (nSPS) is 11.1. The molecule has 2 N–H and O–H groups in total. The van der Waals surface area contributed by atoms with E-state index >= 15 is 0 Å². The van der Waals surface area contributed by atoms with Crippen molar-refractivity contribution in [3.63, 3.8) is 0 Å². The minimum absolute atomic E-state index is 0.0166. The highest BCUT2D eigenvalue weighted by atomic mass is 32.2. The second-order valence-electron chi connectivity index (χ2n) is 5.21. The average Bonchev–Trinajstić information content (AvgIpc) is 3.29. The van der Waals surface area contributed by atoms with E-state index in [1.807, 2.05) is 11.6 Å². The summed E-state index contributed by atoms with van der Waals surface area (Å²) >= 11 is 2.39. The number of methoxy groups -OCH3 is 2. The molecule has 3 rings (SSSR count). The zero-order valence-corrected chi connectivity index (χ0v) is 17.4. The van der Waals surface area contributed by atoms with Crippen LogP contribution in [-0.4, -0.2) is 43.6 Å². The Balaban J connectivity index is 1.80. The third-order valence-electron chi connectivity index (χ3n) is 3.32. The summed E-state index contributed by atoms with van der Waals surface area (Å²) in [5.74, 6) is 0.110. The molecule has 13 heteroatoms. The first-order valence-corrected chi connectivity index (χ1v) is 10.9. The smallest absolute Gasteiger partial charge is 0.335 e. The molecule has 3 heterocycles. The van der Waals surface area contributed by atoms with E-state index in [2.05, 4.69) is 20.3 Å². The van der Waals surface area contributed by atoms with E-state index in [9.17, 15) is 13.2 Å². The topological polar surface area (TPSA) is 132 Å². The number of nitrogens with zero attached hydrogens (tertiary/aromatic N) is 3. The number of rotatable bonds is 6. The average molecular weight is 442 g/mol. The lowest BCUT2D eigenvalue weighted by molar-refractivity contribution is 0.256. The SMILES string of the molecule is COc1cc(OC)nc(NC(=O)NS(=O)(=O)c2sccc2-c2csc(C)n2)n1. The van der Waals surface area contributed by atoms with E-state index < -0.39 is 16.1 Å². The molecule has 2 amide bonds. The van der Waals surface area contributed by atoms with Crippen LogP contribution < -0.4 is 19.5 Å². The van der Waals surface area contributed by atoms with E-state index in [-0.39, 0.29) is 21.9 Å². The van der Waals surface area contributed by atoms with E-state index in [0.717, 1.165) is 16.3 Å². The molecule has 0 fully saturated rings. The van der Waals surface area contributed by atoms with Gasteiger partial charge in [0.1, 0.15) is 4.21 Å². The van der Waals surface area contributed by atoms with Crippen molar-refractivity contribution in [2.45, 2.75) is 11.1 Å². The summed E-state index contributed by atoms with van der Waals surface area (Å²) in [5.41, 5.74) is 0.958. The molecular formula is C15H15N5O5S3. The Morgan fingerprint density at radius 3 is 2.36 bits per heavy atom. The van der Waals surface area contributed by atoms with Gasteiger partial charge in [-0.3, -0.25) is 5.32 Å². The fourth-order valence-corrected chi connectivity index (χ4v) is 5.03. The van der Waals surface area contributed by atoms with Crippen molar-refractivity contribution in [3.05, 3.63) is 27.9 Å². The third kappa shape index (κ3) is 4.37. The van der Waals surface area contributed by atoms with E-state index in [4.69, 9.17) is 9.47 Å². The number of ether oxygens (including phenoxy) is 2. The number of thiazole rings is 1. The molecule has 0 aromatic carbocycles. The molecule has 0 unspecified atom stereocenters. The molecule has 0 radical (unpaired) electrons. The number of thiophene rings is 1. The van der Waals surface area contributed by atoms with Gasteiger partial charge in [-0.1, -0.05) is 0 Å². The number of aryl methyl sites for hydroxylation is 1. The van der Waals surface area contributed by atoms with Gasteiger partial charge in [0.25, 0.3) is 10.0 Å². The standard InChI is InChI=1S/C15H15N5O5S3/c1-8-16-10(7-27-8)9-4-5-26-13(9)28(22,23)20-15(21)19-14-17-11(24-2)6-12(18-14)25-3/h4-7H,1-3H3,(H2,17,18,19,20,21). The monoisotopic (exact) mass is 441 g/mol. The number of urea groups is 1. The molecule has 0 saturated heterocycles. The summed E-state index contributed by atoms with van der Waals surface area (Å²) < 4.78 is 37.2. The highest BCUT2D eigenvalue weighted by Gasteiger charge is 2.25. The van der Waals surface area contributed by atoms with Crippen molar-refractivity contribution >= 4 is 44.7 Å². The predicted molar refractivity (Wildman–Crippen MR) is 105 cm³/mol. The first-order valence-electron chi connectivity index (χ1n) is 7.63. The van der Waals surface area contributed by atoms with Gasteiger partial charge in [-0.15, -0.1) is 22.7 Å². The van der Waals surface area contributed by atoms with Gasteiger partial charge in [-0.25, -0.2) is 22.9 Å². The minimum Gasteiger partial charge on any atom is -0.481 e. The van der Waals surface area contributed by atoms with Gasteiger partial charge in [-0.2, -0.15) is 9.97 Å². The van der Waals surface area contributed by atoms with Crippen LogP contribution in [0.15, 0.2) is 27.1 Å². The number of aromatic nitrogens is 3. The first-order chi connectivity index (χ1) is 13.3. The Labute approximate surface area is 168 Å². The van der Waals surface area contributed by atoms with Crippen molar-refractivity contribution in [1.82, 2.24) is 19.7 Å². The quantitative estimate of drug-likeness (QED) is 0.596. The zero-order valence-electron chi connectivity index (χ0n) is 14.9. The van der Waals surface area contributed by atoms with Crippen LogP contribution in [0.3, 0.4) is 0 Å². The maximum atomic E-state index is 12.7. The third-order valence-corrected chi connectivity index (χ3v) is 6.91. The van der Waals surface area contributed by atoms with Gasteiger partial charge in [0, 0.05) is 10.9 Å². The predicted octanol–water partition coefficient (Wildman–Crippen LogP) is 2.50. The molecule has 0 bridgehead atoms. The lowest BCUT2D eigenvalue weighted by Gasteiger charge is -2.09. The molecular weight excluding hydrogens is 426 g/mol. The highest BCUT2D eigenvalue weighted by molar-refractivity contribution is 7.92. The molecule has 0 atom stereocenters. The fraction of sp³-hybridized carbons (Fsp3) is 0.200. The largest absolute Gasteiger partial charge is 0.481 e. The van der Waals surface area contributed by atoms with Crippen molar-refractivity contribution in [1.29, 1.82) is 0 Å². The van der Waals surface area contributed by atoms with Crippen LogP contribution in [0.4, 0.5) is 10.7 Å². The summed E-state index contributed by atoms with van der Waals surface area (Å²) in [6, 6.07) is 2.03. The van der Waals surface area contributed by atoms with Crippen molar-refractivity contribution in [3.8, 4) is 23.0 Å². The summed E-state index contributed by atoms with van der Waals surface area (Å²) in [6.45, 7) is 1.82. The van der Waals surface area contributed by atoms with E-state index in [0.29, 0.717) is 11.3 Å². The van der Waals surface area contributed by atoms with Gasteiger partial charge in [0.2, 0.25) is 17.7 Å². The number of anilines is 1. The lowest BCUT2D eigenvalue weighted by Crippen LogP contribution is -2.34. The van der Waals surface area contributed by atoms with Gasteiger partial charge in [0.05, 0.1) is 31.0 Å². The molecule has 0 aliphatic rings. The van der Waals surface area contributed by atoms with Crippen LogP contribution in [-0.2, 0) is 10.0 Å². The fourth-order valence-electron chi connectivity index (χ4n) is 2.14. The molecule has 0 aliphatic heterocycles. The van der Waals surface area contributed by atoms with Gasteiger partial charge >= 0.3 is 6.03 Å². The van der Waals surface area contributed by atoms with Crippen LogP contribution in [0, 0.1) is 6.92 Å². The molecule has 0 saturated carbocycles. The van der Waals surface area contributed by atoms with Crippen LogP contribution in [0.2, 0.25) is 0 Å². The van der Waals surface area contributed by atoms with Gasteiger partial charge in [-0.05, 0) is 18.4 Å². The Morgan fingerprint density at radius 2 is 1.79 bits per heavy atom. The second kappa shape index (κ2) is 8.08. The van der Waals surface area contributed by atoms with Crippen LogP contribution in [0.5, 0.6) is 11.8 Å². The summed E-state index contributed by atoms with van der Waals surface area (Å²) in [5, 5.41) is 6.43. The zero-order chi connectivity index (χ0) is 20.3. The van der Waals surface area contributed by atoms with Crippen LogP contribution in [0.1, 0.15) is 5.01 Å². The maximum Gasteiger partial charge on any atom is 0.335 e. The van der Waals surface area contributed by atoms with Crippen molar-refractivity contribution in [2.75, 3.05) is 19.5 Å². The summed E-state index contributed by atoms with van der Waals surface area (Å²) in [4.78, 5) is 24.3. The number of nitrogens with one attached hydrogen (secondary N) is 2. The summed E-state index contributed by atoms with van der Waals surface area (Å²) in [6.07, 6.45) is 0. The molecule has 3 aromatic heterocycles. The molecule has 0 aliphatic carbocycles. The number of carbonyl (C=O) groups is 1. The lowest BCUT2D eigenvalue weighted by atomic mass is 10.3. The number of sulfonamides is 1. The number of hydrogen-bond acceptors (Lipinski definition) is 10. The van der Waals surface area contributed by atoms with Gasteiger partial charge in [0.15, 0.2) is 0 Å². The van der Waals surface area contributed by atoms with Crippen LogP contribution >= 0.6 is 22.7 Å². The van der Waals surface area contributed by atoms with Crippen LogP contribution in [0.25, 0.3) is 11.3 Å². The van der Waals surface area contributed by atoms with E-state index in [1.54, 1.807) is 16.8 Å². The van der Waals surface area contributed by atoms with Crippen molar-refractivity contribution < 1.29 is 22.7 Å². The summed E-state index contributed by atoms with van der Waals surface area (Å²) in [7, 11) is -1.37. The van der Waals surface area contributed by atoms with E-state index in [1.165, 1.54) is 31.6 Å². The Hall–Kier alpha value is -2.77.